The van der Waals surface area contributed by atoms with Crippen LogP contribution in [0, 0.1) is 0 Å². The zero-order chi connectivity index (χ0) is 17.1. The first-order valence-corrected chi connectivity index (χ1v) is 9.94. The van der Waals surface area contributed by atoms with Gasteiger partial charge in [-0.05, 0) is 17.7 Å². The largest absolute Gasteiger partial charge is 0.378 e. The molecule has 1 unspecified atom stereocenters. The van der Waals surface area contributed by atoms with E-state index in [0.717, 1.165) is 20.1 Å². The minimum Gasteiger partial charge on any atom is -0.378 e. The van der Waals surface area contributed by atoms with E-state index in [1.807, 2.05) is 53.4 Å². The number of morpholine rings is 1. The summed E-state index contributed by atoms with van der Waals surface area (Å²) in [6.45, 7) is 2.53. The van der Waals surface area contributed by atoms with Gasteiger partial charge in [-0.15, -0.1) is 11.3 Å². The van der Waals surface area contributed by atoms with Gasteiger partial charge in [0.25, 0.3) is 0 Å². The van der Waals surface area contributed by atoms with E-state index in [9.17, 15) is 4.79 Å². The highest BCUT2D eigenvalue weighted by molar-refractivity contribution is 8.02. The molecule has 128 valence electrons. The number of thioether (sulfide) groups is 1. The van der Waals surface area contributed by atoms with Gasteiger partial charge >= 0.3 is 0 Å². The lowest BCUT2D eigenvalue weighted by molar-refractivity contribution is -0.134. The maximum atomic E-state index is 13.1. The normalized spacial score (nSPS) is 16.1. The number of hydrogen-bond donors (Lipinski definition) is 0. The second kappa shape index (κ2) is 7.56. The van der Waals surface area contributed by atoms with Crippen LogP contribution in [0.3, 0.4) is 0 Å². The van der Waals surface area contributed by atoms with Crippen LogP contribution in [-0.2, 0) is 9.53 Å². The molecule has 4 nitrogen and oxygen atoms in total. The summed E-state index contributed by atoms with van der Waals surface area (Å²) in [5, 5.41) is -0.278. The number of amides is 1. The second-order valence-electron chi connectivity index (χ2n) is 5.79. The Labute approximate surface area is 154 Å². The van der Waals surface area contributed by atoms with E-state index in [0.29, 0.717) is 26.3 Å². The maximum absolute atomic E-state index is 13.1. The van der Waals surface area contributed by atoms with E-state index >= 15 is 0 Å². The van der Waals surface area contributed by atoms with Gasteiger partial charge in [0.2, 0.25) is 5.91 Å². The van der Waals surface area contributed by atoms with Gasteiger partial charge in [-0.2, -0.15) is 0 Å². The average molecular weight is 370 g/mol. The van der Waals surface area contributed by atoms with Crippen LogP contribution in [-0.4, -0.2) is 42.1 Å². The Hall–Kier alpha value is -1.89. The van der Waals surface area contributed by atoms with Crippen molar-refractivity contribution >= 4 is 39.2 Å². The molecule has 3 aromatic rings. The van der Waals surface area contributed by atoms with E-state index in [2.05, 4.69) is 6.07 Å². The van der Waals surface area contributed by atoms with Crippen molar-refractivity contribution in [2.24, 2.45) is 0 Å². The van der Waals surface area contributed by atoms with Crippen LogP contribution in [0.1, 0.15) is 10.8 Å². The van der Waals surface area contributed by atoms with E-state index in [1.54, 1.807) is 23.1 Å². The van der Waals surface area contributed by atoms with Crippen LogP contribution in [0.25, 0.3) is 10.2 Å². The molecule has 2 aromatic carbocycles. The second-order valence-corrected chi connectivity index (χ2v) is 8.18. The first-order valence-electron chi connectivity index (χ1n) is 8.25. The van der Waals surface area contributed by atoms with E-state index in [-0.39, 0.29) is 11.2 Å². The first-order chi connectivity index (χ1) is 12.3. The molecule has 0 saturated carbocycles. The van der Waals surface area contributed by atoms with Crippen molar-refractivity contribution in [1.82, 2.24) is 9.88 Å². The van der Waals surface area contributed by atoms with E-state index < -0.39 is 0 Å². The first kappa shape index (κ1) is 16.6. The fourth-order valence-electron chi connectivity index (χ4n) is 2.84. The molecule has 2 heterocycles. The molecule has 1 fully saturated rings. The topological polar surface area (TPSA) is 42.4 Å². The fraction of sp³-hybridized carbons (Fsp3) is 0.263. The van der Waals surface area contributed by atoms with Gasteiger partial charge in [-0.25, -0.2) is 4.98 Å². The number of nitrogens with zero attached hydrogens (tertiary/aromatic N) is 2. The van der Waals surface area contributed by atoms with Gasteiger partial charge < -0.3 is 9.64 Å². The molecule has 6 heteroatoms. The van der Waals surface area contributed by atoms with Crippen LogP contribution in [0.15, 0.2) is 58.9 Å². The highest BCUT2D eigenvalue weighted by Gasteiger charge is 2.29. The van der Waals surface area contributed by atoms with E-state index in [4.69, 9.17) is 9.72 Å². The highest BCUT2D eigenvalue weighted by Crippen LogP contribution is 2.40. The zero-order valence-corrected chi connectivity index (χ0v) is 15.3. The summed E-state index contributed by atoms with van der Waals surface area (Å²) in [7, 11) is 0. The van der Waals surface area contributed by atoms with Crippen molar-refractivity contribution in [3.8, 4) is 0 Å². The Morgan fingerprint density at radius 3 is 2.56 bits per heavy atom. The highest BCUT2D eigenvalue weighted by atomic mass is 32.2. The number of carbonyl (C=O) groups excluding carboxylic acids is 1. The molecule has 1 aliphatic heterocycles. The van der Waals surface area contributed by atoms with E-state index in [1.165, 1.54) is 0 Å². The number of fused-ring (bicyclic) bond motifs is 1. The minimum atomic E-state index is -0.278. The zero-order valence-electron chi connectivity index (χ0n) is 13.6. The van der Waals surface area contributed by atoms with Crippen molar-refractivity contribution < 1.29 is 9.53 Å². The van der Waals surface area contributed by atoms with Crippen molar-refractivity contribution in [2.45, 2.75) is 9.59 Å². The van der Waals surface area contributed by atoms with Crippen LogP contribution in [0.4, 0.5) is 0 Å². The number of carbonyl (C=O) groups is 1. The molecule has 0 radical (unpaired) electrons. The molecule has 1 atom stereocenters. The van der Waals surface area contributed by atoms with Gasteiger partial charge in [-0.1, -0.05) is 54.2 Å². The number of aromatic nitrogens is 1. The Morgan fingerprint density at radius 2 is 1.80 bits per heavy atom. The lowest BCUT2D eigenvalue weighted by atomic mass is 10.1. The summed E-state index contributed by atoms with van der Waals surface area (Å²) in [4.78, 5) is 19.7. The van der Waals surface area contributed by atoms with Crippen molar-refractivity contribution in [3.05, 3.63) is 60.2 Å². The van der Waals surface area contributed by atoms with Gasteiger partial charge in [0, 0.05) is 13.1 Å². The molecular weight excluding hydrogens is 352 g/mol. The average Bonchev–Trinajstić information content (AvgIpc) is 3.09. The molecule has 0 spiro atoms. The molecular formula is C19H18N2O2S2. The smallest absolute Gasteiger partial charge is 0.240 e. The van der Waals surface area contributed by atoms with Crippen LogP contribution in [0.5, 0.6) is 0 Å². The molecule has 0 N–H and O–H groups in total. The van der Waals surface area contributed by atoms with Crippen molar-refractivity contribution in [1.29, 1.82) is 0 Å². The number of ether oxygens (including phenoxy) is 1. The summed E-state index contributed by atoms with van der Waals surface area (Å²) in [6, 6.07) is 18.1. The predicted molar refractivity (Wildman–Crippen MR) is 102 cm³/mol. The number of hydrogen-bond acceptors (Lipinski definition) is 5. The van der Waals surface area contributed by atoms with Crippen LogP contribution >= 0.6 is 23.1 Å². The van der Waals surface area contributed by atoms with Gasteiger partial charge in [0.15, 0.2) is 4.34 Å². The molecule has 1 aliphatic rings. The number of para-hydroxylation sites is 1. The van der Waals surface area contributed by atoms with Crippen LogP contribution < -0.4 is 0 Å². The van der Waals surface area contributed by atoms with Gasteiger partial charge in [-0.3, -0.25) is 4.79 Å². The lowest BCUT2D eigenvalue weighted by Crippen LogP contribution is -2.42. The fourth-order valence-corrected chi connectivity index (χ4v) is 5.18. The number of rotatable bonds is 4. The Balaban J connectivity index is 1.63. The van der Waals surface area contributed by atoms with Gasteiger partial charge in [0.1, 0.15) is 5.25 Å². The van der Waals surface area contributed by atoms with Crippen molar-refractivity contribution in [2.75, 3.05) is 26.3 Å². The molecule has 25 heavy (non-hydrogen) atoms. The maximum Gasteiger partial charge on any atom is 0.240 e. The summed E-state index contributed by atoms with van der Waals surface area (Å²) >= 11 is 3.19. The third kappa shape index (κ3) is 3.71. The summed E-state index contributed by atoms with van der Waals surface area (Å²) < 4.78 is 7.46. The molecule has 4 rings (SSSR count). The Kier molecular flexibility index (Phi) is 5.01. The Bertz CT molecular complexity index is 827. The standard InChI is InChI=1S/C19H18N2O2S2/c22-18(21-10-12-23-13-11-21)17(14-6-2-1-3-7-14)25-19-20-15-8-4-5-9-16(15)24-19/h1-9,17H,10-13H2. The molecule has 1 amide bonds. The monoisotopic (exact) mass is 370 g/mol. The Morgan fingerprint density at radius 1 is 1.08 bits per heavy atom. The third-order valence-corrected chi connectivity index (χ3v) is 6.51. The van der Waals surface area contributed by atoms with Gasteiger partial charge in [0.05, 0.1) is 23.4 Å². The molecule has 0 bridgehead atoms. The predicted octanol–water partition coefficient (Wildman–Crippen LogP) is 3.99. The lowest BCUT2D eigenvalue weighted by Gasteiger charge is -2.30. The summed E-state index contributed by atoms with van der Waals surface area (Å²) in [6.07, 6.45) is 0. The SMILES string of the molecule is O=C(C(Sc1nc2ccccc2s1)c1ccccc1)N1CCOCC1. The summed E-state index contributed by atoms with van der Waals surface area (Å²) in [5.41, 5.74) is 2.00. The van der Waals surface area contributed by atoms with Crippen LogP contribution in [0.2, 0.25) is 0 Å². The third-order valence-electron chi connectivity index (χ3n) is 4.14. The number of benzene rings is 2. The summed E-state index contributed by atoms with van der Waals surface area (Å²) in [5.74, 6) is 0.138. The molecule has 1 aromatic heterocycles. The minimum absolute atomic E-state index is 0.138. The molecule has 1 saturated heterocycles. The quantitative estimate of drug-likeness (QED) is 0.651. The number of thiazole rings is 1. The van der Waals surface area contributed by atoms with Crippen molar-refractivity contribution in [3.63, 3.8) is 0 Å². The molecule has 0 aliphatic carbocycles.